The first-order valence-corrected chi connectivity index (χ1v) is 10.4. The predicted octanol–water partition coefficient (Wildman–Crippen LogP) is 5.15. The van der Waals surface area contributed by atoms with E-state index in [1.807, 2.05) is 24.4 Å². The summed E-state index contributed by atoms with van der Waals surface area (Å²) < 4.78 is 5.26. The summed E-state index contributed by atoms with van der Waals surface area (Å²) in [6.45, 7) is 0.836. The third kappa shape index (κ3) is 2.66. The number of furan rings is 1. The molecule has 0 saturated carbocycles. The van der Waals surface area contributed by atoms with Crippen LogP contribution in [-0.4, -0.2) is 29.6 Å². The van der Waals surface area contributed by atoms with Crippen molar-refractivity contribution >= 4 is 17.8 Å². The van der Waals surface area contributed by atoms with Crippen molar-refractivity contribution in [3.05, 3.63) is 77.2 Å². The van der Waals surface area contributed by atoms with Gasteiger partial charge < -0.3 is 9.32 Å². The number of nitrogens with zero attached hydrogens (tertiary/aromatic N) is 2. The van der Waals surface area contributed by atoms with E-state index in [-0.39, 0.29) is 11.9 Å². The number of carbonyl (C=O) groups excluding carboxylic acids is 1. The lowest BCUT2D eigenvalue weighted by Crippen LogP contribution is -2.46. The summed E-state index contributed by atoms with van der Waals surface area (Å²) in [5.74, 6) is 0.564. The second-order valence-electron chi connectivity index (χ2n) is 8.30. The molecule has 1 fully saturated rings. The van der Waals surface area contributed by atoms with Gasteiger partial charge in [0.1, 0.15) is 0 Å². The van der Waals surface area contributed by atoms with Crippen molar-refractivity contribution < 1.29 is 9.21 Å². The van der Waals surface area contributed by atoms with E-state index < -0.39 is 0 Å². The molecule has 29 heavy (non-hydrogen) atoms. The van der Waals surface area contributed by atoms with Crippen molar-refractivity contribution in [2.24, 2.45) is 4.99 Å². The van der Waals surface area contributed by atoms with E-state index in [1.165, 1.54) is 22.3 Å². The van der Waals surface area contributed by atoms with Crippen LogP contribution in [-0.2, 0) is 12.8 Å². The van der Waals surface area contributed by atoms with Crippen LogP contribution in [0.15, 0.2) is 64.4 Å². The quantitative estimate of drug-likeness (QED) is 0.615. The van der Waals surface area contributed by atoms with Gasteiger partial charge in [-0.1, -0.05) is 24.3 Å². The Bertz CT molecular complexity index is 1130. The maximum absolute atomic E-state index is 13.4. The molecule has 144 valence electrons. The number of carbonyl (C=O) groups is 1. The molecular weight excluding hydrogens is 360 g/mol. The monoisotopic (exact) mass is 382 g/mol. The van der Waals surface area contributed by atoms with E-state index in [0.717, 1.165) is 49.0 Å². The number of fused-ring (bicyclic) bond motifs is 4. The zero-order chi connectivity index (χ0) is 19.4. The molecule has 2 aromatic carbocycles. The normalized spacial score (nSPS) is 21.7. The van der Waals surface area contributed by atoms with Crippen molar-refractivity contribution in [3.63, 3.8) is 0 Å². The summed E-state index contributed by atoms with van der Waals surface area (Å²) in [6.07, 6.45) is 9.43. The molecule has 2 atom stereocenters. The number of amides is 1. The van der Waals surface area contributed by atoms with Gasteiger partial charge in [-0.3, -0.25) is 9.79 Å². The number of likely N-dealkylation sites (tertiary alicyclic amines) is 1. The van der Waals surface area contributed by atoms with Gasteiger partial charge in [-0.25, -0.2) is 0 Å². The highest BCUT2D eigenvalue weighted by Crippen LogP contribution is 2.44. The molecular formula is C25H22N2O2. The van der Waals surface area contributed by atoms with E-state index in [9.17, 15) is 4.79 Å². The number of rotatable bonds is 2. The summed E-state index contributed by atoms with van der Waals surface area (Å²) in [6, 6.07) is 15.0. The molecule has 1 saturated heterocycles. The number of hydrogen-bond acceptors (Lipinski definition) is 3. The molecule has 1 aliphatic carbocycles. The standard InChI is InChI=1S/C25H22N2O2/c28-25(19-6-3-16-7-9-26-23(16)13-19)27-10-1-2-21-22-12-17(20-8-11-29-15-20)4-5-18(22)14-24(21)27/h3-6,8-9,11-13,15,21,24H,1-2,7,10,14H2/t21-,24+/m1/s1. The summed E-state index contributed by atoms with van der Waals surface area (Å²) in [7, 11) is 0. The Morgan fingerprint density at radius 2 is 2.00 bits per heavy atom. The largest absolute Gasteiger partial charge is 0.472 e. The van der Waals surface area contributed by atoms with Crippen molar-refractivity contribution in [1.29, 1.82) is 0 Å². The number of hydrogen-bond donors (Lipinski definition) is 0. The van der Waals surface area contributed by atoms with E-state index in [1.54, 1.807) is 12.5 Å². The Morgan fingerprint density at radius 3 is 2.90 bits per heavy atom. The molecule has 0 spiro atoms. The van der Waals surface area contributed by atoms with E-state index in [0.29, 0.717) is 5.92 Å². The average molecular weight is 382 g/mol. The highest BCUT2D eigenvalue weighted by Gasteiger charge is 2.41. The summed E-state index contributed by atoms with van der Waals surface area (Å²) >= 11 is 0. The Labute approximate surface area is 169 Å². The predicted molar refractivity (Wildman–Crippen MR) is 113 cm³/mol. The topological polar surface area (TPSA) is 45.8 Å². The summed E-state index contributed by atoms with van der Waals surface area (Å²) in [4.78, 5) is 19.9. The average Bonchev–Trinajstić information content (AvgIpc) is 3.51. The molecule has 2 aliphatic heterocycles. The SMILES string of the molecule is O=C(c1ccc2c(c1)N=CC2)N1CCC[C@@H]2c3cc(-c4ccoc4)ccc3C[C@@H]21. The second kappa shape index (κ2) is 6.45. The fourth-order valence-corrected chi connectivity index (χ4v) is 5.28. The van der Waals surface area contributed by atoms with Crippen LogP contribution in [0.4, 0.5) is 5.69 Å². The van der Waals surface area contributed by atoms with Crippen LogP contribution in [0.3, 0.4) is 0 Å². The maximum Gasteiger partial charge on any atom is 0.254 e. The molecule has 3 aromatic rings. The maximum atomic E-state index is 13.4. The molecule has 0 bridgehead atoms. The van der Waals surface area contributed by atoms with Gasteiger partial charge in [0, 0.05) is 42.3 Å². The van der Waals surface area contributed by atoms with E-state index in [2.05, 4.69) is 34.2 Å². The minimum Gasteiger partial charge on any atom is -0.472 e. The highest BCUT2D eigenvalue weighted by atomic mass is 16.3. The molecule has 1 amide bonds. The van der Waals surface area contributed by atoms with Crippen molar-refractivity contribution in [2.45, 2.75) is 37.6 Å². The fraction of sp³-hybridized carbons (Fsp3) is 0.280. The molecule has 3 heterocycles. The van der Waals surface area contributed by atoms with Crippen LogP contribution in [0, 0.1) is 0 Å². The van der Waals surface area contributed by atoms with Crippen LogP contribution >= 0.6 is 0 Å². The van der Waals surface area contributed by atoms with Crippen molar-refractivity contribution in [1.82, 2.24) is 4.90 Å². The highest BCUT2D eigenvalue weighted by molar-refractivity contribution is 5.96. The third-order valence-electron chi connectivity index (χ3n) is 6.74. The first kappa shape index (κ1) is 16.8. The zero-order valence-electron chi connectivity index (χ0n) is 16.2. The van der Waals surface area contributed by atoms with E-state index in [4.69, 9.17) is 4.42 Å². The Hall–Kier alpha value is -3.14. The summed E-state index contributed by atoms with van der Waals surface area (Å²) in [5.41, 5.74) is 8.01. The van der Waals surface area contributed by atoms with Crippen LogP contribution in [0.2, 0.25) is 0 Å². The van der Waals surface area contributed by atoms with Crippen molar-refractivity contribution in [2.75, 3.05) is 6.54 Å². The van der Waals surface area contributed by atoms with E-state index >= 15 is 0 Å². The molecule has 0 unspecified atom stereocenters. The zero-order valence-corrected chi connectivity index (χ0v) is 16.2. The lowest BCUT2D eigenvalue weighted by atomic mass is 9.87. The van der Waals surface area contributed by atoms with Gasteiger partial charge in [-0.15, -0.1) is 0 Å². The number of piperidine rings is 1. The molecule has 0 radical (unpaired) electrons. The van der Waals surface area contributed by atoms with Crippen LogP contribution in [0.25, 0.3) is 11.1 Å². The third-order valence-corrected chi connectivity index (χ3v) is 6.74. The molecule has 4 heteroatoms. The number of benzene rings is 2. The van der Waals surface area contributed by atoms with Gasteiger partial charge in [0.25, 0.3) is 5.91 Å². The van der Waals surface area contributed by atoms with Crippen molar-refractivity contribution in [3.8, 4) is 11.1 Å². The number of aliphatic imine (C=N–C) groups is 1. The first-order valence-electron chi connectivity index (χ1n) is 10.4. The Kier molecular flexibility index (Phi) is 3.73. The fourth-order valence-electron chi connectivity index (χ4n) is 5.28. The molecule has 6 rings (SSSR count). The second-order valence-corrected chi connectivity index (χ2v) is 8.30. The Balaban J connectivity index is 1.31. The molecule has 1 aromatic heterocycles. The lowest BCUT2D eigenvalue weighted by molar-refractivity contribution is 0.0595. The van der Waals surface area contributed by atoms with Crippen LogP contribution < -0.4 is 0 Å². The van der Waals surface area contributed by atoms with Gasteiger partial charge in [0.15, 0.2) is 0 Å². The smallest absolute Gasteiger partial charge is 0.254 e. The van der Waals surface area contributed by atoms with Crippen LogP contribution in [0.1, 0.15) is 45.8 Å². The molecule has 3 aliphatic rings. The lowest BCUT2D eigenvalue weighted by Gasteiger charge is -2.38. The molecule has 4 nitrogen and oxygen atoms in total. The van der Waals surface area contributed by atoms with Gasteiger partial charge in [-0.05, 0) is 59.7 Å². The minimum absolute atomic E-state index is 0.146. The summed E-state index contributed by atoms with van der Waals surface area (Å²) in [5, 5.41) is 0. The van der Waals surface area contributed by atoms with Gasteiger partial charge in [0.2, 0.25) is 0 Å². The minimum atomic E-state index is 0.146. The Morgan fingerprint density at radius 1 is 1.07 bits per heavy atom. The van der Waals surface area contributed by atoms with Gasteiger partial charge in [0.05, 0.1) is 18.2 Å². The van der Waals surface area contributed by atoms with Gasteiger partial charge in [-0.2, -0.15) is 0 Å². The van der Waals surface area contributed by atoms with Gasteiger partial charge >= 0.3 is 0 Å². The molecule has 0 N–H and O–H groups in total. The first-order chi connectivity index (χ1) is 14.3. The van der Waals surface area contributed by atoms with Crippen LogP contribution in [0.5, 0.6) is 0 Å².